The molecule has 55 heavy (non-hydrogen) atoms. The molecule has 2 aromatic heterocycles. The first kappa shape index (κ1) is 18.1. The third kappa shape index (κ3) is 5.36. The van der Waals surface area contributed by atoms with Gasteiger partial charge in [0.05, 0.1) is 24.7 Å². The third-order valence-corrected chi connectivity index (χ3v) is 9.56. The van der Waals surface area contributed by atoms with Crippen molar-refractivity contribution in [3.8, 4) is 33.4 Å². The van der Waals surface area contributed by atoms with Crippen LogP contribution in [0.5, 0.6) is 0 Å². The number of hydrogen-bond donors (Lipinski definition) is 0. The lowest BCUT2D eigenvalue weighted by molar-refractivity contribution is 0.668. The highest BCUT2D eigenvalue weighted by Crippen LogP contribution is 2.43. The number of rotatable bonds is 6. The minimum Gasteiger partial charge on any atom is -0.456 e. The summed E-state index contributed by atoms with van der Waals surface area (Å²) in [5.74, 6) is 0. The Morgan fingerprint density at radius 1 is 0.364 bits per heavy atom. The zero-order chi connectivity index (χ0) is 52.0. The van der Waals surface area contributed by atoms with Crippen molar-refractivity contribution in [1.29, 1.82) is 0 Å². The second-order valence-electron chi connectivity index (χ2n) is 12.7. The highest BCUT2D eigenvalue weighted by molar-refractivity contribution is 6.20. The zero-order valence-electron chi connectivity index (χ0n) is 46.4. The molecule has 9 aromatic carbocycles. The molecule has 0 fully saturated rings. The van der Waals surface area contributed by atoms with Crippen LogP contribution in [0.4, 0.5) is 17.1 Å². The van der Waals surface area contributed by atoms with Crippen molar-refractivity contribution >= 4 is 71.7 Å². The predicted molar refractivity (Wildman–Crippen MR) is 229 cm³/mol. The molecule has 3 nitrogen and oxygen atoms in total. The Kier molecular flexibility index (Phi) is 4.17. The monoisotopic (exact) mass is 721 g/mol. The third-order valence-electron chi connectivity index (χ3n) is 9.56. The van der Waals surface area contributed by atoms with Gasteiger partial charge in [0, 0.05) is 44.7 Å². The second-order valence-corrected chi connectivity index (χ2v) is 12.7. The number of fused-ring (bicyclic) bond motifs is 8. The highest BCUT2D eigenvalue weighted by atomic mass is 16.3. The van der Waals surface area contributed by atoms with Gasteiger partial charge in [-0.2, -0.15) is 0 Å². The van der Waals surface area contributed by atoms with E-state index in [2.05, 4.69) is 0 Å². The van der Waals surface area contributed by atoms with Crippen LogP contribution >= 0.6 is 0 Å². The van der Waals surface area contributed by atoms with Gasteiger partial charge in [-0.15, -0.1) is 0 Å². The van der Waals surface area contributed by atoms with Crippen molar-refractivity contribution in [2.24, 2.45) is 0 Å². The Hall–Kier alpha value is -7.36. The molecule has 0 unspecified atom stereocenters. The van der Waals surface area contributed by atoms with Crippen LogP contribution in [-0.2, 0) is 0 Å². The van der Waals surface area contributed by atoms with Gasteiger partial charge in [-0.05, 0) is 111 Å². The first-order chi connectivity index (χ1) is 34.7. The van der Waals surface area contributed by atoms with Gasteiger partial charge < -0.3 is 13.7 Å². The van der Waals surface area contributed by atoms with Crippen molar-refractivity contribution in [2.75, 3.05) is 4.90 Å². The molecule has 11 rings (SSSR count). The quantitative estimate of drug-likeness (QED) is 0.171. The Labute approximate surface area is 343 Å². The fourth-order valence-corrected chi connectivity index (χ4v) is 7.05. The fraction of sp³-hybridized carbons (Fsp3) is 0. The molecule has 0 atom stereocenters. The van der Waals surface area contributed by atoms with E-state index in [1.165, 1.54) is 4.90 Å². The van der Waals surface area contributed by atoms with Crippen molar-refractivity contribution in [1.82, 2.24) is 0 Å². The van der Waals surface area contributed by atoms with Crippen molar-refractivity contribution in [2.45, 2.75) is 0 Å². The number of nitrogens with zero attached hydrogens (tertiary/aromatic N) is 1. The normalized spacial score (nSPS) is 16.2. The van der Waals surface area contributed by atoms with Gasteiger partial charge in [-0.1, -0.05) is 127 Å². The standard InChI is InChI=1S/C52H33NO2/c1-3-10-34(11-4-1)36-18-22-41(23-19-36)53(43-24-27-46-45-16-7-8-17-48(45)55-51(46)33-43)42-25-29-49-47(32-42)52-44-26-20-39(31-40(44)21-28-50(52)54-49)38-15-9-14-37(30-38)35-12-5-2-6-13-35/h1-33H/i1D,2D,3D,4D,5D,6D,9D,10D,11D,12D,13D,14D,15D,18D,19D,22D,23D,30D. The summed E-state index contributed by atoms with van der Waals surface area (Å²) in [4.78, 5) is 1.52. The Morgan fingerprint density at radius 3 is 1.78 bits per heavy atom. The molecule has 0 aliphatic rings. The van der Waals surface area contributed by atoms with Gasteiger partial charge in [-0.3, -0.25) is 0 Å². The van der Waals surface area contributed by atoms with Crippen molar-refractivity contribution in [3.63, 3.8) is 0 Å². The second kappa shape index (κ2) is 12.6. The van der Waals surface area contributed by atoms with E-state index in [1.807, 2.05) is 30.3 Å². The first-order valence-corrected chi connectivity index (χ1v) is 17.2. The Balaban J connectivity index is 1.13. The van der Waals surface area contributed by atoms with Crippen LogP contribution < -0.4 is 4.90 Å². The van der Waals surface area contributed by atoms with E-state index in [-0.39, 0.29) is 22.4 Å². The van der Waals surface area contributed by atoms with E-state index in [4.69, 9.17) is 26.7 Å². The fourth-order valence-electron chi connectivity index (χ4n) is 7.05. The number of furan rings is 2. The maximum atomic E-state index is 9.50. The average Bonchev–Trinajstić information content (AvgIpc) is 3.96. The molecular weight excluding hydrogens is 671 g/mol. The van der Waals surface area contributed by atoms with Gasteiger partial charge in [-0.25, -0.2) is 0 Å². The van der Waals surface area contributed by atoms with Crippen LogP contribution in [0.25, 0.3) is 88.0 Å². The van der Waals surface area contributed by atoms with Crippen molar-refractivity contribution < 1.29 is 33.5 Å². The average molecular weight is 722 g/mol. The Morgan fingerprint density at radius 2 is 0.964 bits per heavy atom. The molecule has 0 aliphatic carbocycles. The lowest BCUT2D eigenvalue weighted by Gasteiger charge is -2.25. The molecule has 0 aliphatic heterocycles. The van der Waals surface area contributed by atoms with Gasteiger partial charge in [0.25, 0.3) is 0 Å². The van der Waals surface area contributed by atoms with Gasteiger partial charge in [0.1, 0.15) is 22.3 Å². The minimum absolute atomic E-state index is 0.0984. The summed E-state index contributed by atoms with van der Waals surface area (Å²) in [6, 6.07) is 14.9. The molecule has 11 aromatic rings. The summed E-state index contributed by atoms with van der Waals surface area (Å²) in [5.41, 5.74) is 0.826. The van der Waals surface area contributed by atoms with Crippen LogP contribution in [-0.4, -0.2) is 0 Å². The molecule has 0 saturated carbocycles. The molecule has 0 radical (unpaired) electrons. The molecule has 3 heteroatoms. The maximum absolute atomic E-state index is 9.50. The smallest absolute Gasteiger partial charge is 0.137 e. The largest absolute Gasteiger partial charge is 0.456 e. The van der Waals surface area contributed by atoms with Crippen LogP contribution in [0.15, 0.2) is 209 Å². The topological polar surface area (TPSA) is 29.5 Å². The summed E-state index contributed by atoms with van der Waals surface area (Å²) in [5, 5.41) is 3.97. The SMILES string of the molecule is [2H]c1c([2H])c([2H])c(-c2c([2H])c([2H])c(N(c3ccc4c(c3)oc3ccccc34)c3ccc4oc5ccc6cc(-c7c([2H])c([2H])c([2H])c(-c8c([2H])c([2H])c([2H])c([2H])c8[2H])c7[2H])ccc6c5c4c3)c([2H])c2[2H])c([2H])c1[2H]. The molecule has 2 heterocycles. The summed E-state index contributed by atoms with van der Waals surface area (Å²) in [6.07, 6.45) is 0. The lowest BCUT2D eigenvalue weighted by Crippen LogP contribution is -2.09. The summed E-state index contributed by atoms with van der Waals surface area (Å²) in [6.45, 7) is 0. The van der Waals surface area contributed by atoms with Crippen LogP contribution in [0.2, 0.25) is 0 Å². The minimum atomic E-state index is -0.699. The summed E-state index contributed by atoms with van der Waals surface area (Å²) >= 11 is 0. The van der Waals surface area contributed by atoms with Crippen LogP contribution in [0, 0.1) is 0 Å². The maximum Gasteiger partial charge on any atom is 0.137 e. The Bertz CT molecular complexity index is 4190. The van der Waals surface area contributed by atoms with E-state index in [1.54, 1.807) is 60.7 Å². The lowest BCUT2D eigenvalue weighted by atomic mass is 9.96. The van der Waals surface area contributed by atoms with Gasteiger partial charge in [0.15, 0.2) is 0 Å². The number of benzene rings is 9. The molecule has 0 amide bonds. The number of anilines is 3. The van der Waals surface area contributed by atoms with E-state index >= 15 is 0 Å². The molecular formula is C52H33NO2. The molecule has 0 bridgehead atoms. The molecule has 258 valence electrons. The zero-order valence-corrected chi connectivity index (χ0v) is 28.4. The van der Waals surface area contributed by atoms with Gasteiger partial charge >= 0.3 is 0 Å². The van der Waals surface area contributed by atoms with Crippen LogP contribution in [0.1, 0.15) is 24.7 Å². The van der Waals surface area contributed by atoms with E-state index in [0.717, 1.165) is 10.8 Å². The van der Waals surface area contributed by atoms with E-state index < -0.39 is 125 Å². The summed E-state index contributed by atoms with van der Waals surface area (Å²) < 4.78 is 169. The molecule has 0 saturated heterocycles. The molecule has 0 spiro atoms. The van der Waals surface area contributed by atoms with Gasteiger partial charge in [0.2, 0.25) is 0 Å². The number of hydrogen-bond acceptors (Lipinski definition) is 3. The summed E-state index contributed by atoms with van der Waals surface area (Å²) in [7, 11) is 0. The highest BCUT2D eigenvalue weighted by Gasteiger charge is 2.19. The number of para-hydroxylation sites is 1. The molecule has 0 N–H and O–H groups in total. The van der Waals surface area contributed by atoms with E-state index in [9.17, 15) is 6.85 Å². The van der Waals surface area contributed by atoms with Crippen LogP contribution in [0.3, 0.4) is 0 Å². The van der Waals surface area contributed by atoms with E-state index in [0.29, 0.717) is 55.3 Å². The van der Waals surface area contributed by atoms with Crippen molar-refractivity contribution in [3.05, 3.63) is 200 Å². The first-order valence-electron chi connectivity index (χ1n) is 26.2. The predicted octanol–water partition coefficient (Wildman–Crippen LogP) is 15.1.